The molecule has 122 valence electrons. The summed E-state index contributed by atoms with van der Waals surface area (Å²) in [5.74, 6) is 0.808. The van der Waals surface area contributed by atoms with E-state index in [0.29, 0.717) is 13.0 Å². The molecule has 1 aliphatic heterocycles. The standard InChI is InChI=1S/C18H27NO3/c1-4-18(5-2,10-11-20)12-19-17(21)16-13(3)14-8-6-7-9-15(14)22-16/h6-9,13,16,20H,4-5,10-12H2,1-3H3,(H,19,21). The van der Waals surface area contributed by atoms with Crippen LogP contribution in [0.5, 0.6) is 5.75 Å². The first kappa shape index (κ1) is 16.8. The average Bonchev–Trinajstić information content (AvgIpc) is 2.89. The number of hydrogen-bond donors (Lipinski definition) is 2. The molecule has 0 saturated carbocycles. The van der Waals surface area contributed by atoms with Crippen molar-refractivity contribution in [2.45, 2.75) is 52.1 Å². The Morgan fingerprint density at radius 2 is 2.00 bits per heavy atom. The molecule has 1 aromatic carbocycles. The van der Waals surface area contributed by atoms with Crippen LogP contribution in [0, 0.1) is 5.41 Å². The number of para-hydroxylation sites is 1. The van der Waals surface area contributed by atoms with E-state index >= 15 is 0 Å². The third-order valence-corrected chi connectivity index (χ3v) is 5.16. The summed E-state index contributed by atoms with van der Waals surface area (Å²) in [7, 11) is 0. The molecule has 22 heavy (non-hydrogen) atoms. The van der Waals surface area contributed by atoms with E-state index < -0.39 is 6.10 Å². The smallest absolute Gasteiger partial charge is 0.261 e. The first-order valence-corrected chi connectivity index (χ1v) is 8.21. The molecule has 0 spiro atoms. The van der Waals surface area contributed by atoms with Crippen LogP contribution in [-0.2, 0) is 4.79 Å². The van der Waals surface area contributed by atoms with E-state index in [4.69, 9.17) is 4.74 Å². The van der Waals surface area contributed by atoms with Crippen LogP contribution < -0.4 is 10.1 Å². The van der Waals surface area contributed by atoms with Crippen LogP contribution in [0.3, 0.4) is 0 Å². The van der Waals surface area contributed by atoms with Gasteiger partial charge in [-0.3, -0.25) is 4.79 Å². The third-order valence-electron chi connectivity index (χ3n) is 5.16. The molecule has 0 bridgehead atoms. The van der Waals surface area contributed by atoms with Crippen LogP contribution in [0.2, 0.25) is 0 Å². The fourth-order valence-electron chi connectivity index (χ4n) is 3.20. The average molecular weight is 305 g/mol. The van der Waals surface area contributed by atoms with Crippen LogP contribution in [0.25, 0.3) is 0 Å². The monoisotopic (exact) mass is 305 g/mol. The van der Waals surface area contributed by atoms with Gasteiger partial charge in [-0.2, -0.15) is 0 Å². The zero-order chi connectivity index (χ0) is 16.2. The summed E-state index contributed by atoms with van der Waals surface area (Å²) in [5.41, 5.74) is 1.06. The minimum Gasteiger partial charge on any atom is -0.480 e. The zero-order valence-corrected chi connectivity index (χ0v) is 13.8. The number of ether oxygens (including phenoxy) is 1. The summed E-state index contributed by atoms with van der Waals surface area (Å²) in [6.45, 7) is 6.98. The molecule has 2 unspecified atom stereocenters. The quantitative estimate of drug-likeness (QED) is 0.814. The van der Waals surface area contributed by atoms with Crippen LogP contribution in [0.4, 0.5) is 0 Å². The van der Waals surface area contributed by atoms with Gasteiger partial charge in [0.25, 0.3) is 5.91 Å². The van der Waals surface area contributed by atoms with E-state index in [9.17, 15) is 9.90 Å². The molecule has 0 aliphatic carbocycles. The van der Waals surface area contributed by atoms with Gasteiger partial charge in [-0.05, 0) is 30.7 Å². The summed E-state index contributed by atoms with van der Waals surface area (Å²) in [5, 5.41) is 12.3. The molecular formula is C18H27NO3. The maximum atomic E-state index is 12.5. The van der Waals surface area contributed by atoms with Crippen LogP contribution >= 0.6 is 0 Å². The number of carbonyl (C=O) groups is 1. The SMILES string of the molecule is CCC(CC)(CCO)CNC(=O)C1Oc2ccccc2C1C. The number of rotatable bonds is 7. The van der Waals surface area contributed by atoms with Gasteiger partial charge in [0.05, 0.1) is 0 Å². The van der Waals surface area contributed by atoms with Crippen molar-refractivity contribution in [2.75, 3.05) is 13.2 Å². The number of amides is 1. The number of fused-ring (bicyclic) bond motifs is 1. The number of benzene rings is 1. The third kappa shape index (κ3) is 3.27. The van der Waals surface area contributed by atoms with Crippen LogP contribution in [0.15, 0.2) is 24.3 Å². The topological polar surface area (TPSA) is 58.6 Å². The van der Waals surface area contributed by atoms with Gasteiger partial charge in [-0.1, -0.05) is 39.0 Å². The Bertz CT molecular complexity index is 511. The number of nitrogens with one attached hydrogen (secondary N) is 1. The molecule has 0 fully saturated rings. The zero-order valence-electron chi connectivity index (χ0n) is 13.8. The van der Waals surface area contributed by atoms with Crippen molar-refractivity contribution < 1.29 is 14.6 Å². The van der Waals surface area contributed by atoms with Crippen molar-refractivity contribution in [2.24, 2.45) is 5.41 Å². The van der Waals surface area contributed by atoms with Crippen molar-refractivity contribution in [3.05, 3.63) is 29.8 Å². The van der Waals surface area contributed by atoms with Gasteiger partial charge < -0.3 is 15.2 Å². The second-order valence-electron chi connectivity index (χ2n) is 6.26. The van der Waals surface area contributed by atoms with Crippen LogP contribution in [-0.4, -0.2) is 30.3 Å². The van der Waals surface area contributed by atoms with Crippen molar-refractivity contribution in [3.63, 3.8) is 0 Å². The van der Waals surface area contributed by atoms with Gasteiger partial charge >= 0.3 is 0 Å². The Morgan fingerprint density at radius 1 is 1.32 bits per heavy atom. The highest BCUT2D eigenvalue weighted by Crippen LogP contribution is 2.38. The molecule has 1 amide bonds. The molecule has 2 N–H and O–H groups in total. The fraction of sp³-hybridized carbons (Fsp3) is 0.611. The van der Waals surface area contributed by atoms with E-state index in [1.54, 1.807) is 0 Å². The molecular weight excluding hydrogens is 278 g/mol. The van der Waals surface area contributed by atoms with E-state index in [2.05, 4.69) is 19.2 Å². The van der Waals surface area contributed by atoms with E-state index in [-0.39, 0.29) is 23.8 Å². The van der Waals surface area contributed by atoms with E-state index in [1.807, 2.05) is 31.2 Å². The lowest BCUT2D eigenvalue weighted by Crippen LogP contribution is -2.44. The molecule has 2 rings (SSSR count). The van der Waals surface area contributed by atoms with Crippen molar-refractivity contribution in [3.8, 4) is 5.75 Å². The van der Waals surface area contributed by atoms with Gasteiger partial charge in [0.2, 0.25) is 0 Å². The first-order chi connectivity index (χ1) is 10.6. The lowest BCUT2D eigenvalue weighted by molar-refractivity contribution is -0.128. The molecule has 0 aromatic heterocycles. The lowest BCUT2D eigenvalue weighted by Gasteiger charge is -2.32. The second-order valence-corrected chi connectivity index (χ2v) is 6.26. The van der Waals surface area contributed by atoms with Gasteiger partial charge in [-0.25, -0.2) is 0 Å². The van der Waals surface area contributed by atoms with Crippen LogP contribution in [0.1, 0.15) is 51.5 Å². The summed E-state index contributed by atoms with van der Waals surface area (Å²) in [6.07, 6.45) is 2.12. The Labute approximate surface area is 132 Å². The number of aliphatic hydroxyl groups excluding tert-OH is 1. The van der Waals surface area contributed by atoms with E-state index in [1.165, 1.54) is 0 Å². The predicted molar refractivity (Wildman–Crippen MR) is 87.0 cm³/mol. The molecule has 4 nitrogen and oxygen atoms in total. The fourth-order valence-corrected chi connectivity index (χ4v) is 3.20. The largest absolute Gasteiger partial charge is 0.480 e. The molecule has 1 aromatic rings. The summed E-state index contributed by atoms with van der Waals surface area (Å²) in [4.78, 5) is 12.5. The van der Waals surface area contributed by atoms with Gasteiger partial charge in [0.1, 0.15) is 5.75 Å². The second kappa shape index (κ2) is 7.14. The molecule has 1 heterocycles. The molecule has 1 aliphatic rings. The van der Waals surface area contributed by atoms with Crippen molar-refractivity contribution in [1.82, 2.24) is 5.32 Å². The minimum atomic E-state index is -0.460. The first-order valence-electron chi connectivity index (χ1n) is 8.21. The number of aliphatic hydroxyl groups is 1. The highest BCUT2D eigenvalue weighted by Gasteiger charge is 2.37. The predicted octanol–water partition coefficient (Wildman–Crippen LogP) is 2.86. The molecule has 4 heteroatoms. The Hall–Kier alpha value is -1.55. The highest BCUT2D eigenvalue weighted by molar-refractivity contribution is 5.83. The van der Waals surface area contributed by atoms with E-state index in [0.717, 1.165) is 24.2 Å². The van der Waals surface area contributed by atoms with Gasteiger partial charge in [-0.15, -0.1) is 0 Å². The molecule has 2 atom stereocenters. The highest BCUT2D eigenvalue weighted by atomic mass is 16.5. The summed E-state index contributed by atoms with van der Waals surface area (Å²) < 4.78 is 5.81. The lowest BCUT2D eigenvalue weighted by atomic mass is 9.79. The van der Waals surface area contributed by atoms with Gasteiger partial charge in [0, 0.05) is 24.6 Å². The molecule has 0 radical (unpaired) electrons. The molecule has 0 saturated heterocycles. The van der Waals surface area contributed by atoms with Crippen molar-refractivity contribution in [1.29, 1.82) is 0 Å². The summed E-state index contributed by atoms with van der Waals surface area (Å²) in [6, 6.07) is 7.82. The Kier molecular flexibility index (Phi) is 5.46. The minimum absolute atomic E-state index is 0.0287. The maximum Gasteiger partial charge on any atom is 0.261 e. The summed E-state index contributed by atoms with van der Waals surface area (Å²) >= 11 is 0. The van der Waals surface area contributed by atoms with Gasteiger partial charge in [0.15, 0.2) is 6.10 Å². The van der Waals surface area contributed by atoms with Crippen molar-refractivity contribution >= 4 is 5.91 Å². The number of carbonyl (C=O) groups excluding carboxylic acids is 1. The number of hydrogen-bond acceptors (Lipinski definition) is 3. The Balaban J connectivity index is 1.99. The maximum absolute atomic E-state index is 12.5. The normalized spacial score (nSPS) is 20.4. The Morgan fingerprint density at radius 3 is 2.59 bits per heavy atom.